The predicted molar refractivity (Wildman–Crippen MR) is 112 cm³/mol. The summed E-state index contributed by atoms with van der Waals surface area (Å²) < 4.78 is 68.0. The Bertz CT molecular complexity index is 1400. The lowest BCUT2D eigenvalue weighted by Gasteiger charge is -2.45. The van der Waals surface area contributed by atoms with Crippen molar-refractivity contribution in [2.24, 2.45) is 0 Å². The van der Waals surface area contributed by atoms with Crippen molar-refractivity contribution in [3.8, 4) is 0 Å². The fourth-order valence-corrected chi connectivity index (χ4v) is 4.95. The number of alkyl halides is 5. The largest absolute Gasteiger partial charge is 0.456 e. The third-order valence-electron chi connectivity index (χ3n) is 6.83. The molecule has 4 heterocycles. The van der Waals surface area contributed by atoms with Crippen LogP contribution in [0.4, 0.5) is 33.5 Å². The van der Waals surface area contributed by atoms with E-state index in [1.165, 1.54) is 12.4 Å². The van der Waals surface area contributed by atoms with Gasteiger partial charge in [0.1, 0.15) is 40.4 Å². The van der Waals surface area contributed by atoms with Gasteiger partial charge in [-0.2, -0.15) is 22.0 Å². The van der Waals surface area contributed by atoms with Crippen molar-refractivity contribution < 1.29 is 31.9 Å². The van der Waals surface area contributed by atoms with E-state index >= 15 is 0 Å². The summed E-state index contributed by atoms with van der Waals surface area (Å²) in [6, 6.07) is 3.12. The van der Waals surface area contributed by atoms with Gasteiger partial charge in [0.25, 0.3) is 11.5 Å². The summed E-state index contributed by atoms with van der Waals surface area (Å²) in [5.74, 6) is -5.72. The number of halogens is 5. The Balaban J connectivity index is 1.55. The molecule has 0 aromatic carbocycles. The number of carbonyl (C=O) groups is 1. The first-order chi connectivity index (χ1) is 16.3. The van der Waals surface area contributed by atoms with Gasteiger partial charge in [-0.05, 0) is 50.3 Å². The highest BCUT2D eigenvalue weighted by Crippen LogP contribution is 2.52. The lowest BCUT2D eigenvalue weighted by Crippen LogP contribution is -2.62. The number of aryl methyl sites for hydroxylation is 1. The van der Waals surface area contributed by atoms with Crippen molar-refractivity contribution in [1.82, 2.24) is 24.8 Å². The fourth-order valence-electron chi connectivity index (χ4n) is 4.95. The Kier molecular flexibility index (Phi) is 4.79. The molecular formula is C21H19F5N6O3. The smallest absolute Gasteiger partial charge is 0.383 e. The molecule has 14 heteroatoms. The van der Waals surface area contributed by atoms with Crippen LogP contribution in [0.2, 0.25) is 0 Å². The van der Waals surface area contributed by atoms with Gasteiger partial charge in [0.15, 0.2) is 0 Å². The number of aromatic nitrogens is 4. The monoisotopic (exact) mass is 498 g/mol. The molecule has 0 bridgehead atoms. The number of nitrogens with one attached hydrogen (secondary N) is 3. The zero-order valence-electron chi connectivity index (χ0n) is 18.1. The Morgan fingerprint density at radius 1 is 1.11 bits per heavy atom. The van der Waals surface area contributed by atoms with Crippen molar-refractivity contribution in [3.05, 3.63) is 46.3 Å². The maximum atomic E-state index is 14.0. The average molecular weight is 498 g/mol. The predicted octanol–water partition coefficient (Wildman–Crippen LogP) is 3.07. The molecule has 1 fully saturated rings. The summed E-state index contributed by atoms with van der Waals surface area (Å²) in [6.45, 7) is 1.57. The first-order valence-electron chi connectivity index (χ1n) is 10.6. The Labute approximate surface area is 193 Å². The fraction of sp³-hybridized carbons (Fsp3) is 0.429. The quantitative estimate of drug-likeness (QED) is 0.412. The zero-order valence-corrected chi connectivity index (χ0v) is 18.1. The van der Waals surface area contributed by atoms with Crippen LogP contribution in [-0.4, -0.2) is 48.2 Å². The number of pyridine rings is 1. The summed E-state index contributed by atoms with van der Waals surface area (Å²) >= 11 is 0. The third kappa shape index (κ3) is 3.22. The number of fused-ring (bicyclic) bond motifs is 3. The van der Waals surface area contributed by atoms with Gasteiger partial charge < -0.3 is 20.7 Å². The maximum Gasteiger partial charge on any atom is 0.456 e. The second-order valence-corrected chi connectivity index (χ2v) is 8.91. The van der Waals surface area contributed by atoms with Crippen molar-refractivity contribution in [2.75, 3.05) is 5.32 Å². The van der Waals surface area contributed by atoms with Crippen LogP contribution in [0.5, 0.6) is 0 Å². The van der Waals surface area contributed by atoms with Gasteiger partial charge in [0.2, 0.25) is 0 Å². The molecule has 1 spiro atoms. The molecule has 3 aromatic heterocycles. The summed E-state index contributed by atoms with van der Waals surface area (Å²) in [6.07, 6.45) is -6.04. The van der Waals surface area contributed by atoms with E-state index in [0.29, 0.717) is 22.4 Å². The van der Waals surface area contributed by atoms with E-state index in [2.05, 4.69) is 25.6 Å². The molecule has 0 atom stereocenters. The Morgan fingerprint density at radius 3 is 2.46 bits per heavy atom. The highest BCUT2D eigenvalue weighted by atomic mass is 19.4. The van der Waals surface area contributed by atoms with Crippen LogP contribution in [0.3, 0.4) is 0 Å². The van der Waals surface area contributed by atoms with Gasteiger partial charge in [-0.3, -0.25) is 14.2 Å². The van der Waals surface area contributed by atoms with Crippen LogP contribution in [0.1, 0.15) is 41.7 Å². The minimum absolute atomic E-state index is 0.0183. The number of amides is 1. The number of carbonyl (C=O) groups excluding carboxylic acids is 1. The number of H-pyrrole nitrogens is 1. The lowest BCUT2D eigenvalue weighted by molar-refractivity contribution is -0.349. The summed E-state index contributed by atoms with van der Waals surface area (Å²) in [4.78, 5) is 37.3. The molecule has 0 radical (unpaired) electrons. The number of aromatic amines is 1. The Hall–Kier alpha value is -3.55. The molecule has 9 nitrogen and oxygen atoms in total. The van der Waals surface area contributed by atoms with Crippen LogP contribution >= 0.6 is 0 Å². The molecule has 4 N–H and O–H groups in total. The number of rotatable bonds is 3. The number of anilines is 2. The minimum Gasteiger partial charge on any atom is -0.383 e. The van der Waals surface area contributed by atoms with Crippen LogP contribution in [0.15, 0.2) is 29.5 Å². The van der Waals surface area contributed by atoms with E-state index in [0.717, 1.165) is 4.57 Å². The van der Waals surface area contributed by atoms with Crippen LogP contribution in [0, 0.1) is 6.92 Å². The molecule has 2 aliphatic rings. The number of hydrogen-bond donors (Lipinski definition) is 4. The normalized spacial score (nSPS) is 24.6. The van der Waals surface area contributed by atoms with Crippen LogP contribution in [-0.2, 0) is 5.66 Å². The summed E-state index contributed by atoms with van der Waals surface area (Å²) in [7, 11) is 0. The molecule has 35 heavy (non-hydrogen) atoms. The van der Waals surface area contributed by atoms with Gasteiger partial charge in [-0.1, -0.05) is 0 Å². The van der Waals surface area contributed by atoms with E-state index in [-0.39, 0.29) is 11.4 Å². The maximum absolute atomic E-state index is 14.0. The first kappa shape index (κ1) is 23.2. The first-order valence-corrected chi connectivity index (χ1v) is 10.6. The molecular weight excluding hydrogens is 479 g/mol. The van der Waals surface area contributed by atoms with Crippen LogP contribution in [0.25, 0.3) is 11.0 Å². The number of hydrogen-bond acceptors (Lipinski definition) is 6. The second-order valence-electron chi connectivity index (χ2n) is 8.91. The molecule has 1 aliphatic carbocycles. The lowest BCUT2D eigenvalue weighted by atomic mass is 9.74. The van der Waals surface area contributed by atoms with Crippen molar-refractivity contribution in [1.29, 1.82) is 0 Å². The molecule has 0 saturated heterocycles. The van der Waals surface area contributed by atoms with E-state index in [4.69, 9.17) is 0 Å². The van der Waals surface area contributed by atoms with E-state index in [9.17, 15) is 36.6 Å². The Morgan fingerprint density at radius 2 is 1.80 bits per heavy atom. The van der Waals surface area contributed by atoms with Gasteiger partial charge >= 0.3 is 12.1 Å². The molecule has 3 aromatic rings. The van der Waals surface area contributed by atoms with Crippen LogP contribution < -0.4 is 16.2 Å². The molecule has 5 rings (SSSR count). The van der Waals surface area contributed by atoms with Gasteiger partial charge in [-0.25, -0.2) is 9.97 Å². The standard InChI is InChI=1S/C21H19F5N6O3/c1-10-8-12(30-15-11-2-7-27-14(11)28-9-29-15)17(34)32-13(10)16(33)31-19(32)5-3-18(35,4-6-19)20(22,23)21(24,25)26/h2,7-9,35H,3-6H2,1H3,(H,31,33)(H2,27,28,29,30)/t18-,19+. The molecule has 0 unspecified atom stereocenters. The summed E-state index contributed by atoms with van der Waals surface area (Å²) in [5.41, 5.74) is -4.74. The van der Waals surface area contributed by atoms with Crippen molar-refractivity contribution in [3.63, 3.8) is 0 Å². The highest BCUT2D eigenvalue weighted by molar-refractivity contribution is 5.97. The number of nitrogens with zero attached hydrogens (tertiary/aromatic N) is 3. The minimum atomic E-state index is -5.95. The van der Waals surface area contributed by atoms with E-state index in [1.54, 1.807) is 19.2 Å². The topological polar surface area (TPSA) is 125 Å². The molecule has 1 saturated carbocycles. The van der Waals surface area contributed by atoms with Gasteiger partial charge in [-0.15, -0.1) is 0 Å². The summed E-state index contributed by atoms with van der Waals surface area (Å²) in [5, 5.41) is 16.3. The zero-order chi connectivity index (χ0) is 25.4. The van der Waals surface area contributed by atoms with Gasteiger partial charge in [0.05, 0.1) is 5.39 Å². The van der Waals surface area contributed by atoms with E-state index in [1.807, 2.05) is 0 Å². The molecule has 1 aliphatic heterocycles. The second kappa shape index (κ2) is 7.23. The van der Waals surface area contributed by atoms with Crippen molar-refractivity contribution in [2.45, 2.75) is 56.0 Å². The molecule has 186 valence electrons. The third-order valence-corrected chi connectivity index (χ3v) is 6.83. The van der Waals surface area contributed by atoms with E-state index < -0.39 is 60.5 Å². The van der Waals surface area contributed by atoms with Crippen molar-refractivity contribution >= 4 is 28.4 Å². The van der Waals surface area contributed by atoms with Gasteiger partial charge in [0, 0.05) is 6.20 Å². The number of aliphatic hydroxyl groups is 1. The SMILES string of the molecule is Cc1cc(Nc2ncnc3[nH]ccc23)c(=O)n2c1C(=O)N[C@]21CC[C@@](O)(C(F)(F)C(F)(F)F)CC1. The average Bonchev–Trinajstić information content (AvgIpc) is 3.37. The molecule has 1 amide bonds. The highest BCUT2D eigenvalue weighted by Gasteiger charge is 2.71.